The van der Waals surface area contributed by atoms with Crippen LogP contribution in [-0.4, -0.2) is 15.8 Å². The van der Waals surface area contributed by atoms with Gasteiger partial charge in [0.1, 0.15) is 0 Å². The summed E-state index contributed by atoms with van der Waals surface area (Å²) in [5.41, 5.74) is 29.0. The van der Waals surface area contributed by atoms with Crippen LogP contribution in [0.2, 0.25) is 0 Å². The summed E-state index contributed by atoms with van der Waals surface area (Å²) in [6.07, 6.45) is 0. The SMILES string of the molecule is Cc1cccc2c(-c3cc4c5c6c3-n3c7ccc(C(C)(C)C)cc7c7cc(C(C)(C)C)cc(c73)B6c3cc(C(C)(C)C)cc6c7cc(C(C)(C)C)cc(c7n-5c36)C43c4ccccc4-c4ccccc43)cccc12. The van der Waals surface area contributed by atoms with Gasteiger partial charge in [0.15, 0.2) is 0 Å². The Morgan fingerprint density at radius 1 is 0.356 bits per heavy atom. The number of benzene rings is 9. The third kappa shape index (κ3) is 5.31. The average molecular weight is 943 g/mol. The van der Waals surface area contributed by atoms with Crippen LogP contribution in [0.5, 0.6) is 0 Å². The highest BCUT2D eigenvalue weighted by atomic mass is 15.1. The van der Waals surface area contributed by atoms with Gasteiger partial charge in [-0.2, -0.15) is 0 Å². The fraction of sp³-hybridized carbons (Fsp3) is 0.257. The van der Waals surface area contributed by atoms with E-state index in [0.717, 1.165) is 0 Å². The third-order valence-corrected chi connectivity index (χ3v) is 18.2. The van der Waals surface area contributed by atoms with Crippen molar-refractivity contribution in [2.45, 2.75) is 117 Å². The highest BCUT2D eigenvalue weighted by molar-refractivity contribution is 7.00. The first-order valence-corrected chi connectivity index (χ1v) is 26.9. The molecule has 0 unspecified atom stereocenters. The summed E-state index contributed by atoms with van der Waals surface area (Å²) < 4.78 is 5.57. The van der Waals surface area contributed by atoms with Crippen LogP contribution in [0, 0.1) is 6.92 Å². The van der Waals surface area contributed by atoms with Gasteiger partial charge < -0.3 is 9.13 Å². The van der Waals surface area contributed by atoms with Crippen molar-refractivity contribution >= 4 is 77.5 Å². The van der Waals surface area contributed by atoms with E-state index in [2.05, 4.69) is 245 Å². The van der Waals surface area contributed by atoms with E-state index >= 15 is 0 Å². The summed E-state index contributed by atoms with van der Waals surface area (Å²) in [4.78, 5) is 0. The summed E-state index contributed by atoms with van der Waals surface area (Å²) in [5, 5.41) is 8.03. The number of aryl methyl sites for hydroxylation is 1. The van der Waals surface area contributed by atoms with Gasteiger partial charge in [-0.05, 0) is 159 Å². The highest BCUT2D eigenvalue weighted by Crippen LogP contribution is 2.63. The van der Waals surface area contributed by atoms with Crippen LogP contribution in [0.15, 0.2) is 146 Å². The lowest BCUT2D eigenvalue weighted by molar-refractivity contribution is 0.588. The molecule has 73 heavy (non-hydrogen) atoms. The Bertz CT molecular complexity index is 4320. The minimum Gasteiger partial charge on any atom is -0.310 e. The van der Waals surface area contributed by atoms with Gasteiger partial charge in [-0.25, -0.2) is 0 Å². The maximum Gasteiger partial charge on any atom is 0.252 e. The minimum absolute atomic E-state index is 0.0159. The summed E-state index contributed by atoms with van der Waals surface area (Å²) in [7, 11) is 0. The van der Waals surface area contributed by atoms with E-state index in [9.17, 15) is 0 Å². The van der Waals surface area contributed by atoms with E-state index in [0.29, 0.717) is 0 Å². The normalized spacial score (nSPS) is 15.0. The van der Waals surface area contributed by atoms with E-state index in [1.165, 1.54) is 154 Å². The maximum absolute atomic E-state index is 2.81. The molecule has 4 aliphatic rings. The molecule has 0 saturated heterocycles. The topological polar surface area (TPSA) is 9.86 Å². The van der Waals surface area contributed by atoms with Gasteiger partial charge in [0, 0.05) is 43.8 Å². The molecule has 356 valence electrons. The van der Waals surface area contributed by atoms with Crippen molar-refractivity contribution in [2.24, 2.45) is 0 Å². The lowest BCUT2D eigenvalue weighted by Crippen LogP contribution is -2.61. The van der Waals surface area contributed by atoms with Crippen LogP contribution in [0.4, 0.5) is 0 Å². The molecule has 0 amide bonds. The molecule has 3 heteroatoms. The molecule has 0 radical (unpaired) electrons. The van der Waals surface area contributed by atoms with Gasteiger partial charge in [-0.3, -0.25) is 0 Å². The van der Waals surface area contributed by atoms with Crippen molar-refractivity contribution in [1.29, 1.82) is 0 Å². The molecule has 1 aliphatic carbocycles. The fourth-order valence-electron chi connectivity index (χ4n) is 14.5. The molecule has 2 aromatic heterocycles. The molecular formula is C70H63BN2. The van der Waals surface area contributed by atoms with Crippen LogP contribution in [-0.2, 0) is 27.1 Å². The second-order valence-electron chi connectivity index (χ2n) is 26.6. The maximum atomic E-state index is 2.81. The summed E-state index contributed by atoms with van der Waals surface area (Å²) >= 11 is 0. The van der Waals surface area contributed by atoms with Crippen molar-refractivity contribution in [3.63, 3.8) is 0 Å². The molecule has 0 saturated carbocycles. The summed E-state index contributed by atoms with van der Waals surface area (Å²) in [5.74, 6) is 0. The lowest BCUT2D eigenvalue weighted by atomic mass is 9.33. The highest BCUT2D eigenvalue weighted by Gasteiger charge is 2.55. The van der Waals surface area contributed by atoms with Crippen LogP contribution < -0.4 is 16.4 Å². The van der Waals surface area contributed by atoms with Gasteiger partial charge in [0.25, 0.3) is 6.71 Å². The quantitative estimate of drug-likeness (QED) is 0.145. The first-order valence-electron chi connectivity index (χ1n) is 26.9. The third-order valence-electron chi connectivity index (χ3n) is 18.2. The number of rotatable bonds is 1. The second kappa shape index (κ2) is 13.5. The van der Waals surface area contributed by atoms with Crippen LogP contribution >= 0.6 is 0 Å². The predicted octanol–water partition coefficient (Wildman–Crippen LogP) is 16.0. The van der Waals surface area contributed by atoms with E-state index in [1.807, 2.05) is 0 Å². The monoisotopic (exact) mass is 943 g/mol. The molecule has 2 nitrogen and oxygen atoms in total. The summed E-state index contributed by atoms with van der Waals surface area (Å²) in [6, 6.07) is 58.7. The fourth-order valence-corrected chi connectivity index (χ4v) is 14.5. The molecule has 11 aromatic rings. The van der Waals surface area contributed by atoms with Crippen LogP contribution in [0.25, 0.3) is 88.0 Å². The lowest BCUT2D eigenvalue weighted by Gasteiger charge is -2.45. The molecular weight excluding hydrogens is 880 g/mol. The molecule has 1 spiro atoms. The van der Waals surface area contributed by atoms with Gasteiger partial charge in [-0.15, -0.1) is 0 Å². The molecule has 0 fully saturated rings. The standard InChI is InChI=1S/C70H63BN2/c1-38-20-18-24-44-43(38)23-19-25-45(44)52-37-56-65-60-64(52)72-59-29-28-39(66(2,3)4)30-48(59)49-32-41(68(8,9)10)35-57(62(49)72)71(60)58-36-42(69(11,12)13)33-51-50-31-40(67(5,6)7)34-55(61(50)73(65)63(51)58)70(56)53-26-16-14-21-46(53)47-22-15-17-27-54(47)70/h14-37H,1-13H3. The summed E-state index contributed by atoms with van der Waals surface area (Å²) in [6.45, 7) is 31.0. The van der Waals surface area contributed by atoms with Crippen molar-refractivity contribution in [3.8, 4) is 33.6 Å². The Morgan fingerprint density at radius 3 is 1.48 bits per heavy atom. The molecule has 0 bridgehead atoms. The van der Waals surface area contributed by atoms with E-state index in [-0.39, 0.29) is 28.4 Å². The number of aromatic nitrogens is 2. The van der Waals surface area contributed by atoms with E-state index in [4.69, 9.17) is 0 Å². The number of nitrogens with zero attached hydrogens (tertiary/aromatic N) is 2. The van der Waals surface area contributed by atoms with Crippen molar-refractivity contribution < 1.29 is 0 Å². The molecule has 5 heterocycles. The predicted molar refractivity (Wildman–Crippen MR) is 313 cm³/mol. The van der Waals surface area contributed by atoms with Crippen LogP contribution in [0.1, 0.15) is 133 Å². The number of fused-ring (bicyclic) bond motifs is 15. The molecule has 3 aliphatic heterocycles. The van der Waals surface area contributed by atoms with Gasteiger partial charge in [0.2, 0.25) is 0 Å². The minimum atomic E-state index is -0.616. The molecule has 0 N–H and O–H groups in total. The van der Waals surface area contributed by atoms with Gasteiger partial charge in [0.05, 0.1) is 22.1 Å². The smallest absolute Gasteiger partial charge is 0.252 e. The molecule has 9 aromatic carbocycles. The Morgan fingerprint density at radius 2 is 0.863 bits per heavy atom. The Labute approximate surface area is 430 Å². The average Bonchev–Trinajstić information content (AvgIpc) is 4.03. The van der Waals surface area contributed by atoms with E-state index < -0.39 is 5.41 Å². The van der Waals surface area contributed by atoms with Gasteiger partial charge >= 0.3 is 0 Å². The Hall–Kier alpha value is -7.10. The number of hydrogen-bond acceptors (Lipinski definition) is 0. The molecule has 15 rings (SSSR count). The van der Waals surface area contributed by atoms with Gasteiger partial charge in [-0.1, -0.05) is 192 Å². The largest absolute Gasteiger partial charge is 0.310 e. The molecule has 0 atom stereocenters. The Kier molecular flexibility index (Phi) is 8.07. The first-order chi connectivity index (χ1) is 34.7. The number of hydrogen-bond donors (Lipinski definition) is 0. The van der Waals surface area contributed by atoms with Crippen molar-refractivity contribution in [3.05, 3.63) is 196 Å². The first kappa shape index (κ1) is 43.5. The van der Waals surface area contributed by atoms with E-state index in [1.54, 1.807) is 0 Å². The zero-order valence-corrected chi connectivity index (χ0v) is 44.8. The van der Waals surface area contributed by atoms with Crippen LogP contribution in [0.3, 0.4) is 0 Å². The Balaban J connectivity index is 1.27. The van der Waals surface area contributed by atoms with Crippen molar-refractivity contribution in [2.75, 3.05) is 0 Å². The van der Waals surface area contributed by atoms with Crippen molar-refractivity contribution in [1.82, 2.24) is 9.13 Å². The second-order valence-corrected chi connectivity index (χ2v) is 26.6. The zero-order chi connectivity index (χ0) is 50.4. The zero-order valence-electron chi connectivity index (χ0n) is 44.8.